The molecule has 0 aliphatic carbocycles. The lowest BCUT2D eigenvalue weighted by atomic mass is 10.0. The molecule has 126 valence electrons. The van der Waals surface area contributed by atoms with Gasteiger partial charge in [0.25, 0.3) is 5.91 Å². The van der Waals surface area contributed by atoms with Crippen LogP contribution >= 0.6 is 11.6 Å². The van der Waals surface area contributed by atoms with Gasteiger partial charge in [0.15, 0.2) is 0 Å². The summed E-state index contributed by atoms with van der Waals surface area (Å²) >= 11 is 6.04. The molecule has 0 saturated carbocycles. The molecule has 24 heavy (non-hydrogen) atoms. The molecule has 2 aromatic rings. The fraction of sp³-hybridized carbons (Fsp3) is 0.176. The van der Waals surface area contributed by atoms with E-state index in [0.29, 0.717) is 16.3 Å². The molecular formula is C17H16ClFN2O3. The van der Waals surface area contributed by atoms with Gasteiger partial charge < -0.3 is 15.8 Å². The largest absolute Gasteiger partial charge is 0.495 e. The topological polar surface area (TPSA) is 81.4 Å². The lowest BCUT2D eigenvalue weighted by Crippen LogP contribution is -2.46. The molecule has 0 fully saturated rings. The summed E-state index contributed by atoms with van der Waals surface area (Å²) in [5.74, 6) is -1.62. The van der Waals surface area contributed by atoms with Crippen molar-refractivity contribution in [2.45, 2.75) is 12.5 Å². The SMILES string of the molecule is COc1ccc(C[C@@H](NC(=O)c2ccccc2F)C(N)=O)cc1Cl. The summed E-state index contributed by atoms with van der Waals surface area (Å²) in [6.07, 6.45) is 0.124. The van der Waals surface area contributed by atoms with Crippen molar-refractivity contribution < 1.29 is 18.7 Å². The third kappa shape index (κ3) is 4.23. The molecule has 0 heterocycles. The van der Waals surface area contributed by atoms with Gasteiger partial charge in [-0.3, -0.25) is 9.59 Å². The molecule has 0 aliphatic rings. The number of nitrogens with one attached hydrogen (secondary N) is 1. The summed E-state index contributed by atoms with van der Waals surface area (Å²) in [6.45, 7) is 0. The molecule has 3 N–H and O–H groups in total. The number of amides is 2. The Balaban J connectivity index is 2.15. The summed E-state index contributed by atoms with van der Waals surface area (Å²) in [6, 6.07) is 9.46. The van der Waals surface area contributed by atoms with E-state index in [-0.39, 0.29) is 12.0 Å². The fourth-order valence-electron chi connectivity index (χ4n) is 2.18. The molecule has 0 aliphatic heterocycles. The van der Waals surface area contributed by atoms with Crippen molar-refractivity contribution in [3.8, 4) is 5.75 Å². The van der Waals surface area contributed by atoms with Crippen LogP contribution in [-0.2, 0) is 11.2 Å². The molecule has 0 aromatic heterocycles. The summed E-state index contributed by atoms with van der Waals surface area (Å²) in [5.41, 5.74) is 5.86. The first-order valence-corrected chi connectivity index (χ1v) is 7.47. The third-order valence-electron chi connectivity index (χ3n) is 3.42. The average Bonchev–Trinajstić information content (AvgIpc) is 2.54. The molecule has 7 heteroatoms. The number of halogens is 2. The Morgan fingerprint density at radius 3 is 2.58 bits per heavy atom. The number of primary amides is 1. The summed E-state index contributed by atoms with van der Waals surface area (Å²) in [4.78, 5) is 23.8. The number of rotatable bonds is 6. The van der Waals surface area contributed by atoms with Crippen LogP contribution in [0, 0.1) is 5.82 Å². The highest BCUT2D eigenvalue weighted by Crippen LogP contribution is 2.25. The second kappa shape index (κ2) is 7.79. The number of ether oxygens (including phenoxy) is 1. The van der Waals surface area contributed by atoms with E-state index in [0.717, 1.165) is 6.07 Å². The van der Waals surface area contributed by atoms with Gasteiger partial charge in [-0.25, -0.2) is 4.39 Å². The number of benzene rings is 2. The van der Waals surface area contributed by atoms with Gasteiger partial charge in [0.1, 0.15) is 17.6 Å². The smallest absolute Gasteiger partial charge is 0.254 e. The Kier molecular flexibility index (Phi) is 5.76. The Morgan fingerprint density at radius 2 is 2.00 bits per heavy atom. The zero-order valence-corrected chi connectivity index (χ0v) is 13.6. The first kappa shape index (κ1) is 17.7. The van der Waals surface area contributed by atoms with Crippen LogP contribution in [0.25, 0.3) is 0 Å². The van der Waals surface area contributed by atoms with E-state index in [1.807, 2.05) is 0 Å². The van der Waals surface area contributed by atoms with Gasteiger partial charge in [-0.15, -0.1) is 0 Å². The van der Waals surface area contributed by atoms with E-state index < -0.39 is 23.7 Å². The molecular weight excluding hydrogens is 335 g/mol. The van der Waals surface area contributed by atoms with Crippen LogP contribution in [0.5, 0.6) is 5.75 Å². The normalized spacial score (nSPS) is 11.6. The molecule has 2 aromatic carbocycles. The summed E-state index contributed by atoms with van der Waals surface area (Å²) in [5, 5.41) is 2.82. The number of carbonyl (C=O) groups is 2. The summed E-state index contributed by atoms with van der Waals surface area (Å²) in [7, 11) is 1.49. The minimum atomic E-state index is -0.999. The van der Waals surface area contributed by atoms with Gasteiger partial charge in [-0.05, 0) is 29.8 Å². The highest BCUT2D eigenvalue weighted by Gasteiger charge is 2.21. The van der Waals surface area contributed by atoms with Crippen molar-refractivity contribution in [2.75, 3.05) is 7.11 Å². The molecule has 0 spiro atoms. The van der Waals surface area contributed by atoms with Crippen LogP contribution in [0.1, 0.15) is 15.9 Å². The number of methoxy groups -OCH3 is 1. The van der Waals surface area contributed by atoms with Crippen molar-refractivity contribution in [2.24, 2.45) is 5.73 Å². The van der Waals surface area contributed by atoms with Gasteiger partial charge in [-0.1, -0.05) is 29.8 Å². The van der Waals surface area contributed by atoms with Crippen LogP contribution in [0.15, 0.2) is 42.5 Å². The number of carbonyl (C=O) groups excluding carboxylic acids is 2. The van der Waals surface area contributed by atoms with Crippen molar-refractivity contribution >= 4 is 23.4 Å². The van der Waals surface area contributed by atoms with E-state index in [4.69, 9.17) is 22.1 Å². The molecule has 2 amide bonds. The van der Waals surface area contributed by atoms with Gasteiger partial charge in [0.2, 0.25) is 5.91 Å². The minimum absolute atomic E-state index is 0.124. The predicted molar refractivity (Wildman–Crippen MR) is 88.6 cm³/mol. The molecule has 0 bridgehead atoms. The second-order valence-corrected chi connectivity index (χ2v) is 5.49. The van der Waals surface area contributed by atoms with E-state index in [1.165, 1.54) is 25.3 Å². The van der Waals surface area contributed by atoms with E-state index in [1.54, 1.807) is 18.2 Å². The first-order valence-electron chi connectivity index (χ1n) is 7.09. The molecule has 0 unspecified atom stereocenters. The van der Waals surface area contributed by atoms with Crippen molar-refractivity contribution in [3.63, 3.8) is 0 Å². The Labute approximate surface area is 143 Å². The maximum absolute atomic E-state index is 13.6. The molecule has 0 saturated heterocycles. The molecule has 2 rings (SSSR count). The van der Waals surface area contributed by atoms with Crippen LogP contribution in [0.3, 0.4) is 0 Å². The Bertz CT molecular complexity index is 767. The maximum atomic E-state index is 13.6. The lowest BCUT2D eigenvalue weighted by molar-refractivity contribution is -0.119. The van der Waals surface area contributed by atoms with Crippen molar-refractivity contribution in [3.05, 3.63) is 64.4 Å². The quantitative estimate of drug-likeness (QED) is 0.838. The predicted octanol–water partition coefficient (Wildman–Crippen LogP) is 2.31. The van der Waals surface area contributed by atoms with E-state index in [9.17, 15) is 14.0 Å². The van der Waals surface area contributed by atoms with Crippen LogP contribution < -0.4 is 15.8 Å². The van der Waals surface area contributed by atoms with Gasteiger partial charge in [0, 0.05) is 6.42 Å². The Hall–Kier alpha value is -2.60. The van der Waals surface area contributed by atoms with Crippen LogP contribution in [-0.4, -0.2) is 25.0 Å². The number of nitrogens with two attached hydrogens (primary N) is 1. The maximum Gasteiger partial charge on any atom is 0.254 e. The summed E-state index contributed by atoms with van der Waals surface area (Å²) < 4.78 is 18.7. The Morgan fingerprint density at radius 1 is 1.29 bits per heavy atom. The fourth-order valence-corrected chi connectivity index (χ4v) is 2.46. The van der Waals surface area contributed by atoms with Crippen LogP contribution in [0.4, 0.5) is 4.39 Å². The standard InChI is InChI=1S/C17H16ClFN2O3/c1-24-15-7-6-10(8-12(15)18)9-14(16(20)22)21-17(23)11-4-2-3-5-13(11)19/h2-8,14H,9H2,1H3,(H2,20,22)(H,21,23)/t14-/m1/s1. The molecule has 0 radical (unpaired) electrons. The monoisotopic (exact) mass is 350 g/mol. The van der Waals surface area contributed by atoms with Gasteiger partial charge in [-0.2, -0.15) is 0 Å². The zero-order valence-electron chi connectivity index (χ0n) is 12.9. The first-order chi connectivity index (χ1) is 11.4. The van der Waals surface area contributed by atoms with Crippen molar-refractivity contribution in [1.82, 2.24) is 5.32 Å². The van der Waals surface area contributed by atoms with Crippen LogP contribution in [0.2, 0.25) is 5.02 Å². The molecule has 5 nitrogen and oxygen atoms in total. The highest BCUT2D eigenvalue weighted by molar-refractivity contribution is 6.32. The number of hydrogen-bond acceptors (Lipinski definition) is 3. The number of hydrogen-bond donors (Lipinski definition) is 2. The lowest BCUT2D eigenvalue weighted by Gasteiger charge is -2.16. The van der Waals surface area contributed by atoms with E-state index in [2.05, 4.69) is 5.32 Å². The highest BCUT2D eigenvalue weighted by atomic mass is 35.5. The van der Waals surface area contributed by atoms with E-state index >= 15 is 0 Å². The second-order valence-electron chi connectivity index (χ2n) is 5.08. The van der Waals surface area contributed by atoms with Crippen molar-refractivity contribution in [1.29, 1.82) is 0 Å². The zero-order chi connectivity index (χ0) is 17.7. The average molecular weight is 351 g/mol. The van der Waals surface area contributed by atoms with Gasteiger partial charge in [0.05, 0.1) is 17.7 Å². The third-order valence-corrected chi connectivity index (χ3v) is 3.72. The van der Waals surface area contributed by atoms with Gasteiger partial charge >= 0.3 is 0 Å². The molecule has 1 atom stereocenters. The minimum Gasteiger partial charge on any atom is -0.495 e.